The van der Waals surface area contributed by atoms with Crippen LogP contribution < -0.4 is 5.73 Å². The van der Waals surface area contributed by atoms with Gasteiger partial charge in [-0.3, -0.25) is 0 Å². The van der Waals surface area contributed by atoms with E-state index in [4.69, 9.17) is 10.5 Å². The van der Waals surface area contributed by atoms with Crippen LogP contribution in [-0.4, -0.2) is 18.2 Å². The van der Waals surface area contributed by atoms with Crippen LogP contribution in [0.4, 0.5) is 0 Å². The topological polar surface area (TPSA) is 35.2 Å². The smallest absolute Gasteiger partial charge is 0.0989 e. The van der Waals surface area contributed by atoms with Crippen molar-refractivity contribution in [3.63, 3.8) is 0 Å². The molecule has 0 saturated carbocycles. The Morgan fingerprint density at radius 2 is 2.22 bits per heavy atom. The summed E-state index contributed by atoms with van der Waals surface area (Å²) in [4.78, 5) is 0.427. The Labute approximate surface area is 61.4 Å². The van der Waals surface area contributed by atoms with Crippen LogP contribution in [0.25, 0.3) is 0 Å². The Bertz CT molecular complexity index is 93.1. The molecule has 0 fully saturated rings. The zero-order valence-corrected chi connectivity index (χ0v) is 6.70. The minimum atomic E-state index is 0.410. The van der Waals surface area contributed by atoms with E-state index in [1.165, 1.54) is 0 Å². The van der Waals surface area contributed by atoms with Gasteiger partial charge in [0.05, 0.1) is 11.6 Å². The second kappa shape index (κ2) is 4.70. The molecule has 0 radical (unpaired) electrons. The molecule has 0 unspecified atom stereocenters. The molecule has 0 aromatic heterocycles. The SMILES string of the molecule is CC(C)COCC(N)=S. The van der Waals surface area contributed by atoms with Crippen molar-refractivity contribution < 1.29 is 4.74 Å². The first-order valence-electron chi connectivity index (χ1n) is 2.99. The molecule has 0 atom stereocenters. The van der Waals surface area contributed by atoms with Gasteiger partial charge < -0.3 is 10.5 Å². The van der Waals surface area contributed by atoms with Gasteiger partial charge >= 0.3 is 0 Å². The van der Waals surface area contributed by atoms with Crippen LogP contribution in [0, 0.1) is 5.92 Å². The molecule has 0 aliphatic heterocycles. The van der Waals surface area contributed by atoms with E-state index in [2.05, 4.69) is 26.1 Å². The Kier molecular flexibility index (Phi) is 4.62. The number of hydrogen-bond donors (Lipinski definition) is 1. The number of thiocarbonyl (C=S) groups is 1. The zero-order valence-electron chi connectivity index (χ0n) is 5.89. The van der Waals surface area contributed by atoms with E-state index in [0.29, 0.717) is 17.5 Å². The lowest BCUT2D eigenvalue weighted by Crippen LogP contribution is -2.17. The third kappa shape index (κ3) is 7.85. The summed E-state index contributed by atoms with van der Waals surface area (Å²) in [5.41, 5.74) is 5.19. The predicted octanol–water partition coefficient (Wildman–Crippen LogP) is 0.945. The van der Waals surface area contributed by atoms with Crippen molar-refractivity contribution in [2.45, 2.75) is 13.8 Å². The first kappa shape index (κ1) is 8.85. The van der Waals surface area contributed by atoms with Crippen LogP contribution in [0.2, 0.25) is 0 Å². The molecule has 3 heteroatoms. The quantitative estimate of drug-likeness (QED) is 0.601. The molecular weight excluding hydrogens is 134 g/mol. The molecule has 0 bridgehead atoms. The number of nitrogens with two attached hydrogens (primary N) is 1. The van der Waals surface area contributed by atoms with Crippen LogP contribution >= 0.6 is 12.2 Å². The molecule has 0 saturated heterocycles. The summed E-state index contributed by atoms with van der Waals surface area (Å²) in [7, 11) is 0. The molecule has 9 heavy (non-hydrogen) atoms. The van der Waals surface area contributed by atoms with Gasteiger partial charge in [-0.15, -0.1) is 0 Å². The fraction of sp³-hybridized carbons (Fsp3) is 0.833. The summed E-state index contributed by atoms with van der Waals surface area (Å²) in [5.74, 6) is 0.555. The second-order valence-corrected chi connectivity index (χ2v) is 2.90. The molecule has 0 heterocycles. The Hall–Kier alpha value is -0.150. The zero-order chi connectivity index (χ0) is 7.28. The molecule has 2 nitrogen and oxygen atoms in total. The van der Waals surface area contributed by atoms with E-state index in [-0.39, 0.29) is 0 Å². The minimum absolute atomic E-state index is 0.410. The summed E-state index contributed by atoms with van der Waals surface area (Å²) in [6.07, 6.45) is 0. The van der Waals surface area contributed by atoms with Crippen molar-refractivity contribution in [1.29, 1.82) is 0 Å². The Morgan fingerprint density at radius 1 is 1.67 bits per heavy atom. The number of rotatable bonds is 4. The van der Waals surface area contributed by atoms with Gasteiger partial charge in [0.25, 0.3) is 0 Å². The first-order chi connectivity index (χ1) is 4.13. The summed E-state index contributed by atoms with van der Waals surface area (Å²) < 4.78 is 5.09. The van der Waals surface area contributed by atoms with E-state index in [1.54, 1.807) is 0 Å². The van der Waals surface area contributed by atoms with E-state index < -0.39 is 0 Å². The van der Waals surface area contributed by atoms with Gasteiger partial charge in [-0.2, -0.15) is 0 Å². The molecule has 0 spiro atoms. The number of ether oxygens (including phenoxy) is 1. The summed E-state index contributed by atoms with van der Waals surface area (Å²) in [6, 6.07) is 0. The summed E-state index contributed by atoms with van der Waals surface area (Å²) in [6.45, 7) is 5.31. The van der Waals surface area contributed by atoms with E-state index in [0.717, 1.165) is 6.61 Å². The average Bonchev–Trinajstić information content (AvgIpc) is 1.63. The van der Waals surface area contributed by atoms with Crippen molar-refractivity contribution in [3.05, 3.63) is 0 Å². The van der Waals surface area contributed by atoms with Gasteiger partial charge in [0.1, 0.15) is 0 Å². The lowest BCUT2D eigenvalue weighted by atomic mass is 10.2. The fourth-order valence-corrected chi connectivity index (χ4v) is 0.479. The lowest BCUT2D eigenvalue weighted by molar-refractivity contribution is 0.144. The molecule has 54 valence electrons. The largest absolute Gasteiger partial charge is 0.391 e. The molecule has 0 aromatic rings. The maximum atomic E-state index is 5.19. The van der Waals surface area contributed by atoms with Gasteiger partial charge in [0.15, 0.2) is 0 Å². The maximum absolute atomic E-state index is 5.19. The summed E-state index contributed by atoms with van der Waals surface area (Å²) in [5, 5.41) is 0. The Balaban J connectivity index is 3.01. The predicted molar refractivity (Wildman–Crippen MR) is 42.4 cm³/mol. The van der Waals surface area contributed by atoms with Crippen molar-refractivity contribution in [1.82, 2.24) is 0 Å². The highest BCUT2D eigenvalue weighted by Crippen LogP contribution is 1.91. The van der Waals surface area contributed by atoms with Crippen LogP contribution in [0.1, 0.15) is 13.8 Å². The van der Waals surface area contributed by atoms with Gasteiger partial charge in [-0.25, -0.2) is 0 Å². The van der Waals surface area contributed by atoms with E-state index >= 15 is 0 Å². The molecule has 2 N–H and O–H groups in total. The highest BCUT2D eigenvalue weighted by atomic mass is 32.1. The van der Waals surface area contributed by atoms with Gasteiger partial charge in [-0.1, -0.05) is 26.1 Å². The van der Waals surface area contributed by atoms with Crippen molar-refractivity contribution in [2.24, 2.45) is 11.7 Å². The highest BCUT2D eigenvalue weighted by molar-refractivity contribution is 7.80. The standard InChI is InChI=1S/C6H13NOS/c1-5(2)3-8-4-6(7)9/h5H,3-4H2,1-2H3,(H2,7,9). The number of hydrogen-bond acceptors (Lipinski definition) is 2. The molecule has 0 amide bonds. The van der Waals surface area contributed by atoms with Crippen molar-refractivity contribution in [2.75, 3.05) is 13.2 Å². The third-order valence-corrected chi connectivity index (χ3v) is 0.813. The average molecular weight is 147 g/mol. The molecular formula is C6H13NOS. The molecule has 0 rings (SSSR count). The third-order valence-electron chi connectivity index (χ3n) is 0.696. The lowest BCUT2D eigenvalue weighted by Gasteiger charge is -2.04. The van der Waals surface area contributed by atoms with Crippen LogP contribution in [0.5, 0.6) is 0 Å². The monoisotopic (exact) mass is 147 g/mol. The fourth-order valence-electron chi connectivity index (χ4n) is 0.395. The normalized spacial score (nSPS) is 10.1. The van der Waals surface area contributed by atoms with Crippen molar-refractivity contribution in [3.8, 4) is 0 Å². The van der Waals surface area contributed by atoms with E-state index in [1.807, 2.05) is 0 Å². The van der Waals surface area contributed by atoms with Crippen molar-refractivity contribution >= 4 is 17.2 Å². The highest BCUT2D eigenvalue weighted by Gasteiger charge is 1.93. The van der Waals surface area contributed by atoms with Gasteiger partial charge in [0, 0.05) is 6.61 Å². The van der Waals surface area contributed by atoms with Gasteiger partial charge in [0.2, 0.25) is 0 Å². The maximum Gasteiger partial charge on any atom is 0.0989 e. The van der Waals surface area contributed by atoms with Crippen LogP contribution in [0.15, 0.2) is 0 Å². The first-order valence-corrected chi connectivity index (χ1v) is 3.39. The summed E-state index contributed by atoms with van der Waals surface area (Å²) >= 11 is 4.60. The van der Waals surface area contributed by atoms with Gasteiger partial charge in [-0.05, 0) is 5.92 Å². The minimum Gasteiger partial charge on any atom is -0.391 e. The molecule has 0 aliphatic rings. The van der Waals surface area contributed by atoms with Crippen LogP contribution in [-0.2, 0) is 4.74 Å². The van der Waals surface area contributed by atoms with E-state index in [9.17, 15) is 0 Å². The molecule has 0 aliphatic carbocycles. The second-order valence-electron chi connectivity index (χ2n) is 2.38. The van der Waals surface area contributed by atoms with Crippen LogP contribution in [0.3, 0.4) is 0 Å². The Morgan fingerprint density at radius 3 is 2.56 bits per heavy atom. The molecule has 0 aromatic carbocycles.